The molecule has 0 unspecified atom stereocenters. The summed E-state index contributed by atoms with van der Waals surface area (Å²) in [6.45, 7) is 1.54. The smallest absolute Gasteiger partial charge is 0.252 e. The van der Waals surface area contributed by atoms with E-state index in [9.17, 15) is 9.59 Å². The van der Waals surface area contributed by atoms with Crippen LogP contribution < -0.4 is 5.32 Å². The Bertz CT molecular complexity index is 389. The van der Waals surface area contributed by atoms with E-state index >= 15 is 0 Å². The summed E-state index contributed by atoms with van der Waals surface area (Å²) in [5, 5.41) is 2.80. The van der Waals surface area contributed by atoms with Crippen molar-refractivity contribution in [2.75, 3.05) is 27.2 Å². The second-order valence-corrected chi connectivity index (χ2v) is 4.12. The Morgan fingerprint density at radius 2 is 2.06 bits per heavy atom. The van der Waals surface area contributed by atoms with Crippen molar-refractivity contribution in [1.29, 1.82) is 0 Å². The lowest BCUT2D eigenvalue weighted by molar-refractivity contribution is 0.0947. The number of nitrogens with one attached hydrogen (secondary N) is 1. The minimum atomic E-state index is -0.188. The summed E-state index contributed by atoms with van der Waals surface area (Å²) in [6, 6.07) is 6.79. The van der Waals surface area contributed by atoms with Gasteiger partial charge in [-0.25, -0.2) is 0 Å². The highest BCUT2D eigenvalue weighted by atomic mass is 16.1. The van der Waals surface area contributed by atoms with Crippen LogP contribution in [0.5, 0.6) is 0 Å². The zero-order valence-electron chi connectivity index (χ0n) is 10.3. The van der Waals surface area contributed by atoms with E-state index in [0.29, 0.717) is 24.0 Å². The molecule has 0 saturated heterocycles. The van der Waals surface area contributed by atoms with Crippen LogP contribution in [-0.4, -0.2) is 44.3 Å². The Morgan fingerprint density at radius 3 is 2.71 bits per heavy atom. The molecule has 0 aliphatic rings. The molecule has 0 atom stereocenters. The average molecular weight is 234 g/mol. The molecule has 0 spiro atoms. The first-order valence-corrected chi connectivity index (χ1v) is 5.62. The van der Waals surface area contributed by atoms with Crippen molar-refractivity contribution in [3.8, 4) is 0 Å². The number of carbonyl (C=O) groups is 2. The van der Waals surface area contributed by atoms with Gasteiger partial charge in [0.15, 0.2) is 6.29 Å². The number of hydrogen-bond donors (Lipinski definition) is 1. The fourth-order valence-electron chi connectivity index (χ4n) is 1.50. The third-order valence-electron chi connectivity index (χ3n) is 2.40. The van der Waals surface area contributed by atoms with E-state index in [1.165, 1.54) is 0 Å². The molecule has 1 aromatic carbocycles. The molecule has 92 valence electrons. The lowest BCUT2D eigenvalue weighted by atomic mass is 10.1. The van der Waals surface area contributed by atoms with Crippen molar-refractivity contribution in [1.82, 2.24) is 10.2 Å². The number of nitrogens with zero attached hydrogens (tertiary/aromatic N) is 1. The standard InChI is InChI=1S/C13H18N2O2/c1-15(2)9-5-8-14-13(17)12-7-4-3-6-11(12)10-16/h3-4,6-7,10H,5,8-9H2,1-2H3,(H,14,17). The van der Waals surface area contributed by atoms with Gasteiger partial charge in [0.05, 0.1) is 0 Å². The van der Waals surface area contributed by atoms with E-state index in [2.05, 4.69) is 10.2 Å². The molecule has 1 rings (SSSR count). The van der Waals surface area contributed by atoms with Gasteiger partial charge in [-0.15, -0.1) is 0 Å². The molecule has 0 aliphatic heterocycles. The van der Waals surface area contributed by atoms with E-state index in [0.717, 1.165) is 13.0 Å². The van der Waals surface area contributed by atoms with E-state index < -0.39 is 0 Å². The van der Waals surface area contributed by atoms with Crippen molar-refractivity contribution in [2.45, 2.75) is 6.42 Å². The minimum absolute atomic E-state index is 0.188. The molecule has 4 heteroatoms. The van der Waals surface area contributed by atoms with Gasteiger partial charge in [-0.1, -0.05) is 18.2 Å². The summed E-state index contributed by atoms with van der Waals surface area (Å²) in [5.41, 5.74) is 0.866. The first kappa shape index (κ1) is 13.4. The molecule has 4 nitrogen and oxygen atoms in total. The molecule has 0 radical (unpaired) electrons. The van der Waals surface area contributed by atoms with Crippen LogP contribution in [-0.2, 0) is 0 Å². The van der Waals surface area contributed by atoms with Gasteiger partial charge >= 0.3 is 0 Å². The van der Waals surface area contributed by atoms with Gasteiger partial charge in [-0.3, -0.25) is 9.59 Å². The summed E-state index contributed by atoms with van der Waals surface area (Å²) >= 11 is 0. The molecule has 0 fully saturated rings. The summed E-state index contributed by atoms with van der Waals surface area (Å²) in [5.74, 6) is -0.188. The Labute approximate surface area is 102 Å². The zero-order chi connectivity index (χ0) is 12.7. The van der Waals surface area contributed by atoms with Crippen molar-refractivity contribution in [2.24, 2.45) is 0 Å². The fourth-order valence-corrected chi connectivity index (χ4v) is 1.50. The second kappa shape index (κ2) is 6.81. The summed E-state index contributed by atoms with van der Waals surface area (Å²) in [6.07, 6.45) is 1.59. The minimum Gasteiger partial charge on any atom is -0.352 e. The zero-order valence-corrected chi connectivity index (χ0v) is 10.3. The molecule has 0 aliphatic carbocycles. The third kappa shape index (κ3) is 4.36. The first-order valence-electron chi connectivity index (χ1n) is 5.62. The van der Waals surface area contributed by atoms with Crippen molar-refractivity contribution in [3.63, 3.8) is 0 Å². The van der Waals surface area contributed by atoms with Gasteiger partial charge in [0, 0.05) is 17.7 Å². The van der Waals surface area contributed by atoms with Gasteiger partial charge < -0.3 is 10.2 Å². The number of rotatable bonds is 6. The monoisotopic (exact) mass is 234 g/mol. The molecule has 1 amide bonds. The lowest BCUT2D eigenvalue weighted by Gasteiger charge is -2.10. The van der Waals surface area contributed by atoms with Crippen LogP contribution in [0.3, 0.4) is 0 Å². The second-order valence-electron chi connectivity index (χ2n) is 4.12. The highest BCUT2D eigenvalue weighted by Crippen LogP contribution is 2.05. The van der Waals surface area contributed by atoms with Crippen molar-refractivity contribution in [3.05, 3.63) is 35.4 Å². The van der Waals surface area contributed by atoms with E-state index in [4.69, 9.17) is 0 Å². The van der Waals surface area contributed by atoms with Crippen molar-refractivity contribution >= 4 is 12.2 Å². The molecule has 17 heavy (non-hydrogen) atoms. The Morgan fingerprint density at radius 1 is 1.35 bits per heavy atom. The molecule has 1 aromatic rings. The van der Waals surface area contributed by atoms with Crippen LogP contribution >= 0.6 is 0 Å². The van der Waals surface area contributed by atoms with E-state index in [1.54, 1.807) is 24.3 Å². The number of carbonyl (C=O) groups excluding carboxylic acids is 2. The number of aldehydes is 1. The Kier molecular flexibility index (Phi) is 5.36. The van der Waals surface area contributed by atoms with E-state index in [-0.39, 0.29) is 5.91 Å². The maximum Gasteiger partial charge on any atom is 0.252 e. The predicted octanol–water partition coefficient (Wildman–Crippen LogP) is 1.18. The first-order chi connectivity index (χ1) is 8.15. The van der Waals surface area contributed by atoms with Gasteiger partial charge in [0.1, 0.15) is 0 Å². The third-order valence-corrected chi connectivity index (χ3v) is 2.40. The number of hydrogen-bond acceptors (Lipinski definition) is 3. The van der Waals surface area contributed by atoms with Gasteiger partial charge in [0.25, 0.3) is 5.91 Å². The molecule has 0 heterocycles. The van der Waals surface area contributed by atoms with Gasteiger partial charge in [-0.2, -0.15) is 0 Å². The van der Waals surface area contributed by atoms with Crippen LogP contribution in [0.25, 0.3) is 0 Å². The fraction of sp³-hybridized carbons (Fsp3) is 0.385. The van der Waals surface area contributed by atoms with Crippen LogP contribution in [0, 0.1) is 0 Å². The summed E-state index contributed by atoms with van der Waals surface area (Å²) in [4.78, 5) is 24.6. The average Bonchev–Trinajstić information content (AvgIpc) is 2.34. The molecular weight excluding hydrogens is 216 g/mol. The summed E-state index contributed by atoms with van der Waals surface area (Å²) < 4.78 is 0. The molecule has 1 N–H and O–H groups in total. The van der Waals surface area contributed by atoms with Gasteiger partial charge in [0.2, 0.25) is 0 Å². The largest absolute Gasteiger partial charge is 0.352 e. The Hall–Kier alpha value is -1.68. The number of benzene rings is 1. The van der Waals surface area contributed by atoms with E-state index in [1.807, 2.05) is 14.1 Å². The lowest BCUT2D eigenvalue weighted by Crippen LogP contribution is -2.27. The highest BCUT2D eigenvalue weighted by molar-refractivity contribution is 6.01. The highest BCUT2D eigenvalue weighted by Gasteiger charge is 2.08. The molecule has 0 aromatic heterocycles. The quantitative estimate of drug-likeness (QED) is 0.594. The maximum absolute atomic E-state index is 11.8. The topological polar surface area (TPSA) is 49.4 Å². The van der Waals surface area contributed by atoms with Crippen LogP contribution in [0.4, 0.5) is 0 Å². The van der Waals surface area contributed by atoms with Gasteiger partial charge in [-0.05, 0) is 33.1 Å². The SMILES string of the molecule is CN(C)CCCNC(=O)c1ccccc1C=O. The van der Waals surface area contributed by atoms with Crippen molar-refractivity contribution < 1.29 is 9.59 Å². The normalized spacial score (nSPS) is 10.3. The molecule has 0 saturated carbocycles. The predicted molar refractivity (Wildman–Crippen MR) is 67.3 cm³/mol. The molecule has 0 bridgehead atoms. The van der Waals surface area contributed by atoms with Crippen LogP contribution in [0.2, 0.25) is 0 Å². The molecular formula is C13H18N2O2. The van der Waals surface area contributed by atoms with Crippen LogP contribution in [0.15, 0.2) is 24.3 Å². The van der Waals surface area contributed by atoms with Crippen LogP contribution in [0.1, 0.15) is 27.1 Å². The summed E-state index contributed by atoms with van der Waals surface area (Å²) in [7, 11) is 3.98. The number of amides is 1. The maximum atomic E-state index is 11.8. The Balaban J connectivity index is 2.49.